The first-order chi connectivity index (χ1) is 8.83. The minimum atomic E-state index is 0.530. The highest BCUT2D eigenvalue weighted by atomic mass is 32.1. The van der Waals surface area contributed by atoms with E-state index < -0.39 is 0 Å². The predicted molar refractivity (Wildman–Crippen MR) is 72.1 cm³/mol. The van der Waals surface area contributed by atoms with Gasteiger partial charge in [-0.1, -0.05) is 11.3 Å². The van der Waals surface area contributed by atoms with Gasteiger partial charge >= 0.3 is 0 Å². The van der Waals surface area contributed by atoms with Gasteiger partial charge in [0.15, 0.2) is 5.01 Å². The summed E-state index contributed by atoms with van der Waals surface area (Å²) in [6, 6.07) is 0. The van der Waals surface area contributed by atoms with Crippen LogP contribution in [0.15, 0.2) is 6.20 Å². The summed E-state index contributed by atoms with van der Waals surface area (Å²) in [4.78, 5) is 5.27. The Morgan fingerprint density at radius 3 is 2.89 bits per heavy atom. The number of ether oxygens (including phenoxy) is 2. The van der Waals surface area contributed by atoms with Crippen LogP contribution in [-0.4, -0.2) is 42.6 Å². The SMILES string of the molecule is COCCNc1nnc(-c2cnc(COC)s2)s1. The van der Waals surface area contributed by atoms with Crippen LogP contribution >= 0.6 is 22.7 Å². The van der Waals surface area contributed by atoms with Crippen molar-refractivity contribution in [1.82, 2.24) is 15.2 Å². The Bertz CT molecular complexity index is 486. The Kier molecular flexibility index (Phi) is 5.00. The van der Waals surface area contributed by atoms with E-state index in [1.54, 1.807) is 31.8 Å². The molecule has 1 N–H and O–H groups in total. The summed E-state index contributed by atoms with van der Waals surface area (Å²) in [5.41, 5.74) is 0. The molecule has 0 radical (unpaired) electrons. The van der Waals surface area contributed by atoms with Crippen molar-refractivity contribution in [1.29, 1.82) is 0 Å². The van der Waals surface area contributed by atoms with Gasteiger partial charge < -0.3 is 14.8 Å². The minimum absolute atomic E-state index is 0.530. The lowest BCUT2D eigenvalue weighted by Crippen LogP contribution is -2.06. The van der Waals surface area contributed by atoms with Gasteiger partial charge in [0.1, 0.15) is 5.01 Å². The molecule has 0 saturated carbocycles. The normalized spacial score (nSPS) is 10.8. The van der Waals surface area contributed by atoms with Crippen LogP contribution in [0.1, 0.15) is 5.01 Å². The molecule has 0 aromatic carbocycles. The fraction of sp³-hybridized carbons (Fsp3) is 0.500. The van der Waals surface area contributed by atoms with Crippen molar-refractivity contribution in [2.75, 3.05) is 32.7 Å². The summed E-state index contributed by atoms with van der Waals surface area (Å²) in [6.07, 6.45) is 1.80. The molecule has 2 heterocycles. The van der Waals surface area contributed by atoms with Crippen LogP contribution in [0, 0.1) is 0 Å². The number of nitrogens with zero attached hydrogens (tertiary/aromatic N) is 3. The van der Waals surface area contributed by atoms with E-state index in [1.807, 2.05) is 0 Å². The third kappa shape index (κ3) is 3.45. The van der Waals surface area contributed by atoms with Crippen molar-refractivity contribution in [2.45, 2.75) is 6.61 Å². The Labute approximate surface area is 113 Å². The lowest BCUT2D eigenvalue weighted by Gasteiger charge is -1.98. The molecule has 2 rings (SSSR count). The summed E-state index contributed by atoms with van der Waals surface area (Å²) in [5.74, 6) is 0. The smallest absolute Gasteiger partial charge is 0.206 e. The second-order valence-corrected chi connectivity index (χ2v) is 5.48. The molecule has 0 saturated heterocycles. The number of anilines is 1. The average Bonchev–Trinajstić information content (AvgIpc) is 2.98. The highest BCUT2D eigenvalue weighted by molar-refractivity contribution is 7.23. The van der Waals surface area contributed by atoms with Crippen LogP contribution in [0.25, 0.3) is 9.88 Å². The van der Waals surface area contributed by atoms with E-state index in [0.717, 1.165) is 26.6 Å². The van der Waals surface area contributed by atoms with Gasteiger partial charge in [-0.3, -0.25) is 0 Å². The van der Waals surface area contributed by atoms with E-state index in [4.69, 9.17) is 9.47 Å². The molecule has 98 valence electrons. The van der Waals surface area contributed by atoms with Crippen LogP contribution < -0.4 is 5.32 Å². The fourth-order valence-electron chi connectivity index (χ4n) is 1.25. The highest BCUT2D eigenvalue weighted by Crippen LogP contribution is 2.30. The van der Waals surface area contributed by atoms with E-state index in [0.29, 0.717) is 13.2 Å². The van der Waals surface area contributed by atoms with Gasteiger partial charge in [0.05, 0.1) is 18.1 Å². The molecule has 0 aliphatic rings. The third-order valence-corrected chi connectivity index (χ3v) is 4.06. The van der Waals surface area contributed by atoms with Gasteiger partial charge in [-0.15, -0.1) is 21.5 Å². The topological polar surface area (TPSA) is 69.2 Å². The molecule has 0 amide bonds. The number of aromatic nitrogens is 3. The molecule has 0 atom stereocenters. The average molecular weight is 286 g/mol. The van der Waals surface area contributed by atoms with Crippen molar-refractivity contribution < 1.29 is 9.47 Å². The standard InChI is InChI=1S/C10H14N4O2S2/c1-15-4-3-11-10-14-13-9(18-10)7-5-12-8(17-7)6-16-2/h5H,3-4,6H2,1-2H3,(H,11,14). The monoisotopic (exact) mass is 286 g/mol. The summed E-state index contributed by atoms with van der Waals surface area (Å²) in [7, 11) is 3.33. The Balaban J connectivity index is 1.99. The van der Waals surface area contributed by atoms with E-state index in [9.17, 15) is 0 Å². The molecule has 0 bridgehead atoms. The maximum atomic E-state index is 5.04. The zero-order chi connectivity index (χ0) is 12.8. The predicted octanol–water partition coefficient (Wildman–Crippen LogP) is 1.87. The third-order valence-electron chi connectivity index (χ3n) is 2.04. The quantitative estimate of drug-likeness (QED) is 0.784. The van der Waals surface area contributed by atoms with E-state index >= 15 is 0 Å². The number of rotatable bonds is 7. The van der Waals surface area contributed by atoms with Gasteiger partial charge in [0.2, 0.25) is 5.13 Å². The zero-order valence-corrected chi connectivity index (χ0v) is 11.8. The zero-order valence-electron chi connectivity index (χ0n) is 10.2. The van der Waals surface area contributed by atoms with Crippen LogP contribution in [0.4, 0.5) is 5.13 Å². The Morgan fingerprint density at radius 1 is 1.22 bits per heavy atom. The van der Waals surface area contributed by atoms with Crippen LogP contribution in [0.5, 0.6) is 0 Å². The lowest BCUT2D eigenvalue weighted by atomic mass is 10.6. The molecular formula is C10H14N4O2S2. The molecule has 0 aliphatic heterocycles. The molecule has 2 aromatic heterocycles. The molecule has 0 aliphatic carbocycles. The first-order valence-electron chi connectivity index (χ1n) is 5.34. The molecule has 18 heavy (non-hydrogen) atoms. The number of hydrogen-bond acceptors (Lipinski definition) is 8. The number of hydrogen-bond donors (Lipinski definition) is 1. The lowest BCUT2D eigenvalue weighted by molar-refractivity contribution is 0.184. The Morgan fingerprint density at radius 2 is 2.11 bits per heavy atom. The van der Waals surface area contributed by atoms with E-state index in [1.165, 1.54) is 11.3 Å². The summed E-state index contributed by atoms with van der Waals surface area (Å²) >= 11 is 3.08. The summed E-state index contributed by atoms with van der Waals surface area (Å²) in [6.45, 7) is 1.90. The van der Waals surface area contributed by atoms with E-state index in [-0.39, 0.29) is 0 Å². The van der Waals surface area contributed by atoms with Crippen molar-refractivity contribution in [2.24, 2.45) is 0 Å². The van der Waals surface area contributed by atoms with E-state index in [2.05, 4.69) is 20.5 Å². The highest BCUT2D eigenvalue weighted by Gasteiger charge is 2.10. The van der Waals surface area contributed by atoms with Crippen LogP contribution in [-0.2, 0) is 16.1 Å². The van der Waals surface area contributed by atoms with Gasteiger partial charge in [0, 0.05) is 27.0 Å². The molecule has 0 fully saturated rings. The number of nitrogens with one attached hydrogen (secondary N) is 1. The minimum Gasteiger partial charge on any atom is -0.383 e. The molecule has 6 nitrogen and oxygen atoms in total. The summed E-state index contributed by atoms with van der Waals surface area (Å²) < 4.78 is 9.99. The molecule has 0 spiro atoms. The van der Waals surface area contributed by atoms with Gasteiger partial charge in [-0.05, 0) is 0 Å². The van der Waals surface area contributed by atoms with Crippen molar-refractivity contribution in [3.8, 4) is 9.88 Å². The van der Waals surface area contributed by atoms with Gasteiger partial charge in [-0.2, -0.15) is 0 Å². The first-order valence-corrected chi connectivity index (χ1v) is 6.97. The van der Waals surface area contributed by atoms with Crippen LogP contribution in [0.2, 0.25) is 0 Å². The van der Waals surface area contributed by atoms with Crippen LogP contribution in [0.3, 0.4) is 0 Å². The maximum Gasteiger partial charge on any atom is 0.206 e. The molecular weight excluding hydrogens is 272 g/mol. The Hall–Kier alpha value is -1.09. The van der Waals surface area contributed by atoms with Crippen molar-refractivity contribution >= 4 is 27.8 Å². The first kappa shape index (κ1) is 13.3. The molecule has 0 unspecified atom stereocenters. The second-order valence-electron chi connectivity index (χ2n) is 3.38. The molecule has 2 aromatic rings. The second kappa shape index (κ2) is 6.74. The van der Waals surface area contributed by atoms with Gasteiger partial charge in [0.25, 0.3) is 0 Å². The van der Waals surface area contributed by atoms with Crippen molar-refractivity contribution in [3.63, 3.8) is 0 Å². The number of methoxy groups -OCH3 is 2. The summed E-state index contributed by atoms with van der Waals surface area (Å²) in [5, 5.41) is 14.0. The van der Waals surface area contributed by atoms with Crippen molar-refractivity contribution in [3.05, 3.63) is 11.2 Å². The van der Waals surface area contributed by atoms with Gasteiger partial charge in [-0.25, -0.2) is 4.98 Å². The fourth-order valence-corrected chi connectivity index (χ4v) is 2.95. The molecule has 8 heteroatoms. The largest absolute Gasteiger partial charge is 0.383 e. The maximum absolute atomic E-state index is 5.04. The number of thiazole rings is 1.